The van der Waals surface area contributed by atoms with Gasteiger partial charge < -0.3 is 15.0 Å². The molecule has 27 heavy (non-hydrogen) atoms. The Balaban J connectivity index is 1.63. The molecule has 0 radical (unpaired) electrons. The summed E-state index contributed by atoms with van der Waals surface area (Å²) in [6.07, 6.45) is 0. The third kappa shape index (κ3) is 4.80. The highest BCUT2D eigenvalue weighted by Crippen LogP contribution is 2.25. The Labute approximate surface area is 161 Å². The van der Waals surface area contributed by atoms with Crippen molar-refractivity contribution >= 4 is 17.3 Å². The van der Waals surface area contributed by atoms with E-state index in [9.17, 15) is 4.79 Å². The number of para-hydroxylation sites is 2. The maximum atomic E-state index is 12.6. The van der Waals surface area contributed by atoms with Crippen molar-refractivity contribution in [2.75, 3.05) is 43.0 Å². The quantitative estimate of drug-likeness (QED) is 0.842. The van der Waals surface area contributed by atoms with Crippen LogP contribution in [-0.2, 0) is 0 Å². The van der Waals surface area contributed by atoms with Gasteiger partial charge >= 0.3 is 0 Å². The van der Waals surface area contributed by atoms with E-state index in [2.05, 4.69) is 29.0 Å². The molecule has 2 aromatic rings. The Kier molecular flexibility index (Phi) is 6.35. The van der Waals surface area contributed by atoms with E-state index >= 15 is 0 Å². The van der Waals surface area contributed by atoms with E-state index in [1.165, 1.54) is 5.69 Å². The molecule has 144 valence electrons. The number of benzene rings is 2. The summed E-state index contributed by atoms with van der Waals surface area (Å²) >= 11 is 0. The maximum Gasteiger partial charge on any atom is 0.255 e. The summed E-state index contributed by atoms with van der Waals surface area (Å²) in [6, 6.07) is 15.9. The fraction of sp³-hybridized carbons (Fsp3) is 0.409. The second-order valence-corrected chi connectivity index (χ2v) is 7.05. The topological polar surface area (TPSA) is 44.8 Å². The molecule has 0 aliphatic carbocycles. The lowest BCUT2D eigenvalue weighted by Gasteiger charge is -2.38. The summed E-state index contributed by atoms with van der Waals surface area (Å²) in [5.74, 6) is 0.561. The third-order valence-corrected chi connectivity index (χ3v) is 4.97. The molecule has 0 saturated carbocycles. The van der Waals surface area contributed by atoms with Gasteiger partial charge in [-0.15, -0.1) is 0 Å². The molecule has 0 bridgehead atoms. The van der Waals surface area contributed by atoms with Gasteiger partial charge in [-0.05, 0) is 57.2 Å². The molecule has 1 aliphatic rings. The minimum atomic E-state index is -0.127. The lowest BCUT2D eigenvalue weighted by molar-refractivity contribution is 0.102. The highest BCUT2D eigenvalue weighted by Gasteiger charge is 2.19. The minimum absolute atomic E-state index is 0.127. The summed E-state index contributed by atoms with van der Waals surface area (Å²) < 4.78 is 5.57. The van der Waals surface area contributed by atoms with E-state index in [1.54, 1.807) is 0 Å². The molecule has 1 N–H and O–H groups in total. The predicted octanol–water partition coefficient (Wildman–Crippen LogP) is 3.87. The van der Waals surface area contributed by atoms with E-state index in [0.717, 1.165) is 26.2 Å². The Morgan fingerprint density at radius 1 is 1.04 bits per heavy atom. The molecule has 1 saturated heterocycles. The van der Waals surface area contributed by atoms with Crippen molar-refractivity contribution in [3.8, 4) is 5.75 Å². The van der Waals surface area contributed by atoms with Gasteiger partial charge in [-0.1, -0.05) is 12.1 Å². The van der Waals surface area contributed by atoms with Crippen LogP contribution in [0.3, 0.4) is 0 Å². The Hall–Kier alpha value is -2.53. The molecule has 0 atom stereocenters. The normalized spacial score (nSPS) is 15.0. The van der Waals surface area contributed by atoms with E-state index in [4.69, 9.17) is 4.74 Å². The number of nitrogens with one attached hydrogen (secondary N) is 1. The predicted molar refractivity (Wildman–Crippen MR) is 111 cm³/mol. The molecule has 1 heterocycles. The van der Waals surface area contributed by atoms with E-state index in [1.807, 2.05) is 55.5 Å². The fourth-order valence-corrected chi connectivity index (χ4v) is 3.37. The second kappa shape index (κ2) is 8.91. The van der Waals surface area contributed by atoms with Gasteiger partial charge in [0.15, 0.2) is 0 Å². The van der Waals surface area contributed by atoms with Gasteiger partial charge in [-0.3, -0.25) is 9.69 Å². The summed E-state index contributed by atoms with van der Waals surface area (Å²) in [6.45, 7) is 11.2. The lowest BCUT2D eigenvalue weighted by Crippen LogP contribution is -2.48. The zero-order valence-electron chi connectivity index (χ0n) is 16.4. The van der Waals surface area contributed by atoms with Crippen LogP contribution in [0.1, 0.15) is 31.1 Å². The average Bonchev–Trinajstić information content (AvgIpc) is 2.70. The highest BCUT2D eigenvalue weighted by molar-refractivity contribution is 6.05. The Morgan fingerprint density at radius 2 is 1.70 bits per heavy atom. The van der Waals surface area contributed by atoms with Crippen LogP contribution in [0.15, 0.2) is 48.5 Å². The number of carbonyl (C=O) groups excluding carboxylic acids is 1. The van der Waals surface area contributed by atoms with Crippen molar-refractivity contribution in [1.29, 1.82) is 0 Å². The van der Waals surface area contributed by atoms with E-state index in [-0.39, 0.29) is 5.91 Å². The molecule has 5 nitrogen and oxygen atoms in total. The van der Waals surface area contributed by atoms with Crippen LogP contribution in [0.25, 0.3) is 0 Å². The average molecular weight is 367 g/mol. The highest BCUT2D eigenvalue weighted by atomic mass is 16.5. The first-order valence-corrected chi connectivity index (χ1v) is 9.70. The minimum Gasteiger partial charge on any atom is -0.492 e. The number of carbonyl (C=O) groups is 1. The van der Waals surface area contributed by atoms with Crippen molar-refractivity contribution in [3.05, 3.63) is 54.1 Å². The third-order valence-electron chi connectivity index (χ3n) is 4.97. The standard InChI is InChI=1S/C22H29N3O2/c1-4-27-21-8-6-5-7-20(21)23-22(26)18-9-11-19(12-10-18)25-15-13-24(14-16-25)17(2)3/h5-12,17H,4,13-16H2,1-3H3,(H,23,26). The molecule has 1 aliphatic heterocycles. The first kappa shape index (κ1) is 19.2. The summed E-state index contributed by atoms with van der Waals surface area (Å²) in [5, 5.41) is 2.94. The van der Waals surface area contributed by atoms with Gasteiger partial charge in [-0.25, -0.2) is 0 Å². The van der Waals surface area contributed by atoms with Gasteiger partial charge in [0.2, 0.25) is 0 Å². The van der Waals surface area contributed by atoms with E-state index in [0.29, 0.717) is 29.6 Å². The number of amides is 1. The molecular weight excluding hydrogens is 338 g/mol. The molecule has 0 unspecified atom stereocenters. The Bertz CT molecular complexity index is 750. The molecule has 0 spiro atoms. The summed E-state index contributed by atoms with van der Waals surface area (Å²) in [7, 11) is 0. The van der Waals surface area contributed by atoms with Crippen LogP contribution < -0.4 is 15.0 Å². The summed E-state index contributed by atoms with van der Waals surface area (Å²) in [4.78, 5) is 17.5. The zero-order chi connectivity index (χ0) is 19.2. The van der Waals surface area contributed by atoms with Crippen molar-refractivity contribution < 1.29 is 9.53 Å². The molecule has 3 rings (SSSR count). The molecule has 1 fully saturated rings. The van der Waals surface area contributed by atoms with Crippen molar-refractivity contribution in [2.45, 2.75) is 26.8 Å². The van der Waals surface area contributed by atoms with Crippen LogP contribution in [0.5, 0.6) is 5.75 Å². The number of nitrogens with zero attached hydrogens (tertiary/aromatic N) is 2. The number of hydrogen-bond donors (Lipinski definition) is 1. The molecule has 2 aromatic carbocycles. The number of hydrogen-bond acceptors (Lipinski definition) is 4. The van der Waals surface area contributed by atoms with E-state index < -0.39 is 0 Å². The molecule has 1 amide bonds. The van der Waals surface area contributed by atoms with Crippen LogP contribution in [-0.4, -0.2) is 49.6 Å². The SMILES string of the molecule is CCOc1ccccc1NC(=O)c1ccc(N2CCN(C(C)C)CC2)cc1. The second-order valence-electron chi connectivity index (χ2n) is 7.05. The number of rotatable bonds is 6. The smallest absolute Gasteiger partial charge is 0.255 e. The molecule has 0 aromatic heterocycles. The van der Waals surface area contributed by atoms with Crippen LogP contribution in [0.4, 0.5) is 11.4 Å². The summed E-state index contributed by atoms with van der Waals surface area (Å²) in [5.41, 5.74) is 2.51. The number of ether oxygens (including phenoxy) is 1. The van der Waals surface area contributed by atoms with Crippen LogP contribution in [0.2, 0.25) is 0 Å². The van der Waals surface area contributed by atoms with Gasteiger partial charge in [-0.2, -0.15) is 0 Å². The number of anilines is 2. The first-order chi connectivity index (χ1) is 13.1. The Morgan fingerprint density at radius 3 is 2.33 bits per heavy atom. The van der Waals surface area contributed by atoms with Gasteiger partial charge in [0, 0.05) is 43.5 Å². The first-order valence-electron chi connectivity index (χ1n) is 9.70. The monoisotopic (exact) mass is 367 g/mol. The largest absolute Gasteiger partial charge is 0.492 e. The zero-order valence-corrected chi connectivity index (χ0v) is 16.4. The van der Waals surface area contributed by atoms with Crippen molar-refractivity contribution in [2.24, 2.45) is 0 Å². The molecular formula is C22H29N3O2. The van der Waals surface area contributed by atoms with Crippen LogP contribution >= 0.6 is 0 Å². The molecule has 5 heteroatoms. The van der Waals surface area contributed by atoms with Crippen molar-refractivity contribution in [3.63, 3.8) is 0 Å². The van der Waals surface area contributed by atoms with Crippen molar-refractivity contribution in [1.82, 2.24) is 4.90 Å². The maximum absolute atomic E-state index is 12.6. The van der Waals surface area contributed by atoms with Gasteiger partial charge in [0.25, 0.3) is 5.91 Å². The van der Waals surface area contributed by atoms with Gasteiger partial charge in [0.1, 0.15) is 5.75 Å². The number of piperazine rings is 1. The van der Waals surface area contributed by atoms with Gasteiger partial charge in [0.05, 0.1) is 12.3 Å². The fourth-order valence-electron chi connectivity index (χ4n) is 3.37. The lowest BCUT2D eigenvalue weighted by atomic mass is 10.1. The van der Waals surface area contributed by atoms with Crippen LogP contribution in [0, 0.1) is 0 Å².